The second-order valence-corrected chi connectivity index (χ2v) is 4.25. The van der Waals surface area contributed by atoms with Crippen LogP contribution in [0.25, 0.3) is 0 Å². The molecule has 100 valence electrons. The number of amides is 1. The van der Waals surface area contributed by atoms with Gasteiger partial charge in [-0.25, -0.2) is 4.39 Å². The summed E-state index contributed by atoms with van der Waals surface area (Å²) in [6.45, 7) is 5.25. The fourth-order valence-corrected chi connectivity index (χ4v) is 1.48. The Morgan fingerprint density at radius 1 is 1.39 bits per heavy atom. The molecule has 0 aromatic heterocycles. The Morgan fingerprint density at radius 2 is 2.06 bits per heavy atom. The van der Waals surface area contributed by atoms with Crippen LogP contribution in [-0.2, 0) is 9.53 Å². The number of rotatable bonds is 5. The predicted molar refractivity (Wildman–Crippen MR) is 70.3 cm³/mol. The van der Waals surface area contributed by atoms with E-state index < -0.39 is 5.82 Å². The normalized spacial score (nSPS) is 13.8. The van der Waals surface area contributed by atoms with Gasteiger partial charge in [0.15, 0.2) is 0 Å². The van der Waals surface area contributed by atoms with E-state index in [-0.39, 0.29) is 23.7 Å². The summed E-state index contributed by atoms with van der Waals surface area (Å²) in [4.78, 5) is 10.9. The Balaban J connectivity index is 2.81. The lowest BCUT2D eigenvalue weighted by atomic mass is 10.2. The molecule has 0 aliphatic rings. The lowest BCUT2D eigenvalue weighted by Crippen LogP contribution is -2.29. The smallest absolute Gasteiger partial charge is 0.221 e. The number of methoxy groups -OCH3 is 1. The van der Waals surface area contributed by atoms with Crippen molar-refractivity contribution in [3.63, 3.8) is 0 Å². The SMILES string of the molecule is COC(C)C(C)Nc1ccc(F)c(NC(C)=O)c1. The number of ether oxygens (including phenoxy) is 1. The van der Waals surface area contributed by atoms with Crippen LogP contribution in [-0.4, -0.2) is 25.2 Å². The summed E-state index contributed by atoms with van der Waals surface area (Å²) in [6.07, 6.45) is 0.0271. The van der Waals surface area contributed by atoms with Gasteiger partial charge in [0.1, 0.15) is 5.82 Å². The number of carbonyl (C=O) groups excluding carboxylic acids is 1. The van der Waals surface area contributed by atoms with Crippen molar-refractivity contribution >= 4 is 17.3 Å². The van der Waals surface area contributed by atoms with E-state index in [2.05, 4.69) is 10.6 Å². The Morgan fingerprint density at radius 3 is 2.61 bits per heavy atom. The van der Waals surface area contributed by atoms with Crippen LogP contribution in [0.5, 0.6) is 0 Å². The molecule has 0 aliphatic heterocycles. The van der Waals surface area contributed by atoms with E-state index in [0.717, 1.165) is 5.69 Å². The highest BCUT2D eigenvalue weighted by atomic mass is 19.1. The molecule has 0 aliphatic carbocycles. The summed E-state index contributed by atoms with van der Waals surface area (Å²) >= 11 is 0. The van der Waals surface area contributed by atoms with Gasteiger partial charge in [-0.15, -0.1) is 0 Å². The molecule has 0 bridgehead atoms. The Hall–Kier alpha value is -1.62. The third-order valence-electron chi connectivity index (χ3n) is 2.75. The van der Waals surface area contributed by atoms with Crippen LogP contribution in [0.4, 0.5) is 15.8 Å². The van der Waals surface area contributed by atoms with Crippen LogP contribution in [0.3, 0.4) is 0 Å². The van der Waals surface area contributed by atoms with Gasteiger partial charge in [0.05, 0.1) is 11.8 Å². The van der Waals surface area contributed by atoms with Gasteiger partial charge in [-0.3, -0.25) is 4.79 Å². The van der Waals surface area contributed by atoms with Gasteiger partial charge < -0.3 is 15.4 Å². The number of hydrogen-bond acceptors (Lipinski definition) is 3. The predicted octanol–water partition coefficient (Wildman–Crippen LogP) is 2.62. The second kappa shape index (κ2) is 6.35. The molecule has 18 heavy (non-hydrogen) atoms. The van der Waals surface area contributed by atoms with E-state index in [4.69, 9.17) is 4.74 Å². The first-order valence-corrected chi connectivity index (χ1v) is 5.80. The zero-order chi connectivity index (χ0) is 13.7. The highest BCUT2D eigenvalue weighted by Gasteiger charge is 2.12. The number of nitrogens with one attached hydrogen (secondary N) is 2. The molecule has 0 fully saturated rings. The molecule has 0 saturated heterocycles. The van der Waals surface area contributed by atoms with Crippen LogP contribution in [0, 0.1) is 5.82 Å². The first-order valence-electron chi connectivity index (χ1n) is 5.80. The van der Waals surface area contributed by atoms with Crippen molar-refractivity contribution in [2.24, 2.45) is 0 Å². The van der Waals surface area contributed by atoms with Crippen LogP contribution in [0.15, 0.2) is 18.2 Å². The van der Waals surface area contributed by atoms with Gasteiger partial charge in [-0.05, 0) is 32.0 Å². The third kappa shape index (κ3) is 4.00. The van der Waals surface area contributed by atoms with Gasteiger partial charge in [-0.2, -0.15) is 0 Å². The molecule has 0 spiro atoms. The molecule has 2 N–H and O–H groups in total. The van der Waals surface area contributed by atoms with Crippen LogP contribution in [0.2, 0.25) is 0 Å². The lowest BCUT2D eigenvalue weighted by molar-refractivity contribution is -0.114. The fraction of sp³-hybridized carbons (Fsp3) is 0.462. The minimum absolute atomic E-state index is 0.0271. The summed E-state index contributed by atoms with van der Waals surface area (Å²) in [7, 11) is 1.64. The van der Waals surface area contributed by atoms with Gasteiger partial charge >= 0.3 is 0 Å². The molecular formula is C13H19FN2O2. The highest BCUT2D eigenvalue weighted by molar-refractivity contribution is 5.89. The quantitative estimate of drug-likeness (QED) is 0.849. The maximum Gasteiger partial charge on any atom is 0.221 e. The number of carbonyl (C=O) groups is 1. The summed E-state index contributed by atoms with van der Waals surface area (Å²) in [6, 6.07) is 4.58. The molecule has 1 aromatic rings. The van der Waals surface area contributed by atoms with E-state index in [0.29, 0.717) is 0 Å². The molecule has 0 heterocycles. The zero-order valence-electron chi connectivity index (χ0n) is 11.1. The zero-order valence-corrected chi connectivity index (χ0v) is 11.1. The van der Waals surface area contributed by atoms with E-state index in [1.165, 1.54) is 13.0 Å². The summed E-state index contributed by atoms with van der Waals surface area (Å²) in [5.41, 5.74) is 0.904. The number of hydrogen-bond donors (Lipinski definition) is 2. The first-order chi connectivity index (χ1) is 8.43. The van der Waals surface area contributed by atoms with Gasteiger partial charge in [0, 0.05) is 25.8 Å². The second-order valence-electron chi connectivity index (χ2n) is 4.25. The van der Waals surface area contributed by atoms with Crippen molar-refractivity contribution in [3.05, 3.63) is 24.0 Å². The highest BCUT2D eigenvalue weighted by Crippen LogP contribution is 2.20. The fourth-order valence-electron chi connectivity index (χ4n) is 1.48. The number of anilines is 2. The van der Waals surface area contributed by atoms with E-state index in [9.17, 15) is 9.18 Å². The topological polar surface area (TPSA) is 50.4 Å². The molecule has 2 atom stereocenters. The Bertz CT molecular complexity index is 423. The number of halogens is 1. The maximum atomic E-state index is 13.4. The van der Waals surface area contributed by atoms with Crippen molar-refractivity contribution in [3.8, 4) is 0 Å². The molecule has 1 amide bonds. The molecule has 1 rings (SSSR count). The standard InChI is InChI=1S/C13H19FN2O2/c1-8(9(2)18-4)15-11-5-6-12(14)13(7-11)16-10(3)17/h5-9,15H,1-4H3,(H,16,17). The summed E-state index contributed by atoms with van der Waals surface area (Å²) < 4.78 is 18.6. The molecule has 5 heteroatoms. The van der Waals surface area contributed by atoms with Crippen LogP contribution >= 0.6 is 0 Å². The largest absolute Gasteiger partial charge is 0.380 e. The maximum absolute atomic E-state index is 13.4. The van der Waals surface area contributed by atoms with E-state index in [1.54, 1.807) is 19.2 Å². The van der Waals surface area contributed by atoms with E-state index in [1.807, 2.05) is 13.8 Å². The molecular weight excluding hydrogens is 235 g/mol. The van der Waals surface area contributed by atoms with Crippen LogP contribution < -0.4 is 10.6 Å². The minimum Gasteiger partial charge on any atom is -0.380 e. The van der Waals surface area contributed by atoms with E-state index >= 15 is 0 Å². The Kier molecular flexibility index (Phi) is 5.09. The summed E-state index contributed by atoms with van der Waals surface area (Å²) in [5, 5.41) is 5.64. The number of benzene rings is 1. The first kappa shape index (κ1) is 14.4. The van der Waals surface area contributed by atoms with Gasteiger partial charge in [0.2, 0.25) is 5.91 Å². The Labute approximate surface area is 107 Å². The molecule has 0 saturated carbocycles. The average molecular weight is 254 g/mol. The van der Waals surface area contributed by atoms with Gasteiger partial charge in [-0.1, -0.05) is 0 Å². The van der Waals surface area contributed by atoms with Crippen molar-refractivity contribution in [1.29, 1.82) is 0 Å². The molecule has 2 unspecified atom stereocenters. The molecule has 0 radical (unpaired) electrons. The van der Waals surface area contributed by atoms with Crippen molar-refractivity contribution in [1.82, 2.24) is 0 Å². The monoisotopic (exact) mass is 254 g/mol. The minimum atomic E-state index is -0.455. The summed E-state index contributed by atoms with van der Waals surface area (Å²) in [5.74, 6) is -0.757. The van der Waals surface area contributed by atoms with Crippen molar-refractivity contribution in [2.75, 3.05) is 17.7 Å². The van der Waals surface area contributed by atoms with Crippen LogP contribution in [0.1, 0.15) is 20.8 Å². The van der Waals surface area contributed by atoms with Crippen molar-refractivity contribution < 1.29 is 13.9 Å². The average Bonchev–Trinajstić information content (AvgIpc) is 2.31. The third-order valence-corrected chi connectivity index (χ3v) is 2.75. The van der Waals surface area contributed by atoms with Crippen molar-refractivity contribution in [2.45, 2.75) is 32.9 Å². The molecule has 4 nitrogen and oxygen atoms in total. The molecule has 1 aromatic carbocycles. The lowest BCUT2D eigenvalue weighted by Gasteiger charge is -2.21. The van der Waals surface area contributed by atoms with Gasteiger partial charge in [0.25, 0.3) is 0 Å².